The fourth-order valence-corrected chi connectivity index (χ4v) is 3.52. The molecule has 3 aromatic rings. The van der Waals surface area contributed by atoms with Crippen LogP contribution in [0.25, 0.3) is 23.3 Å². The predicted molar refractivity (Wildman–Crippen MR) is 135 cm³/mol. The number of rotatable bonds is 8. The molecule has 0 radical (unpaired) electrons. The van der Waals surface area contributed by atoms with Crippen LogP contribution in [-0.4, -0.2) is 42.9 Å². The average molecular weight is 484 g/mol. The summed E-state index contributed by atoms with van der Waals surface area (Å²) in [6, 6.07) is 6.82. The average Bonchev–Trinajstić information content (AvgIpc) is 3.13. The van der Waals surface area contributed by atoms with Crippen LogP contribution in [0.3, 0.4) is 0 Å². The summed E-state index contributed by atoms with van der Waals surface area (Å²) in [6.45, 7) is 5.86. The SMILES string of the molecule is Cn1c(=O)c2c(nc(C=Cc3ccc(OCCCC(N)C(=O)OC(C)(C)C)cc3)n2C)n(C)c1=O. The van der Waals surface area contributed by atoms with E-state index in [1.54, 1.807) is 24.7 Å². The van der Waals surface area contributed by atoms with E-state index in [4.69, 9.17) is 15.2 Å². The van der Waals surface area contributed by atoms with Crippen molar-refractivity contribution >= 4 is 29.3 Å². The number of aromatic nitrogens is 4. The van der Waals surface area contributed by atoms with Crippen LogP contribution in [0.15, 0.2) is 33.9 Å². The maximum Gasteiger partial charge on any atom is 0.332 e. The Morgan fingerprint density at radius 3 is 2.34 bits per heavy atom. The van der Waals surface area contributed by atoms with E-state index >= 15 is 0 Å². The first-order valence-electron chi connectivity index (χ1n) is 11.4. The molecule has 3 rings (SSSR count). The maximum absolute atomic E-state index is 12.5. The molecule has 1 atom stereocenters. The Morgan fingerprint density at radius 2 is 1.71 bits per heavy atom. The van der Waals surface area contributed by atoms with Gasteiger partial charge in [0, 0.05) is 21.1 Å². The molecule has 0 aliphatic heterocycles. The number of ether oxygens (including phenoxy) is 2. The zero-order chi connectivity index (χ0) is 25.9. The van der Waals surface area contributed by atoms with Gasteiger partial charge in [-0.3, -0.25) is 18.7 Å². The number of nitrogens with two attached hydrogens (primary N) is 1. The van der Waals surface area contributed by atoms with Crippen LogP contribution in [0.4, 0.5) is 0 Å². The lowest BCUT2D eigenvalue weighted by atomic mass is 10.1. The van der Waals surface area contributed by atoms with Gasteiger partial charge in [0.25, 0.3) is 5.56 Å². The Morgan fingerprint density at radius 1 is 1.06 bits per heavy atom. The van der Waals surface area contributed by atoms with E-state index in [-0.39, 0.29) is 5.56 Å². The Kier molecular flexibility index (Phi) is 7.64. The molecule has 10 nitrogen and oxygen atoms in total. The highest BCUT2D eigenvalue weighted by atomic mass is 16.6. The number of benzene rings is 1. The third-order valence-electron chi connectivity index (χ3n) is 5.45. The van der Waals surface area contributed by atoms with Crippen molar-refractivity contribution in [2.45, 2.75) is 45.3 Å². The van der Waals surface area contributed by atoms with Crippen molar-refractivity contribution in [2.75, 3.05) is 6.61 Å². The Labute approximate surface area is 203 Å². The minimum absolute atomic E-state index is 0.343. The number of nitrogens with zero attached hydrogens (tertiary/aromatic N) is 4. The second-order valence-electron chi connectivity index (χ2n) is 9.44. The van der Waals surface area contributed by atoms with Crippen LogP contribution in [0.2, 0.25) is 0 Å². The van der Waals surface area contributed by atoms with E-state index in [9.17, 15) is 14.4 Å². The van der Waals surface area contributed by atoms with Crippen LogP contribution in [-0.2, 0) is 30.7 Å². The van der Waals surface area contributed by atoms with Crippen LogP contribution >= 0.6 is 0 Å². The Bertz CT molecular complexity index is 1360. The normalized spacial score (nSPS) is 12.9. The maximum atomic E-state index is 12.5. The Balaban J connectivity index is 1.59. The lowest BCUT2D eigenvalue weighted by Gasteiger charge is -2.22. The molecule has 0 saturated heterocycles. The Hall–Kier alpha value is -3.66. The molecule has 0 bridgehead atoms. The van der Waals surface area contributed by atoms with Crippen molar-refractivity contribution in [3.63, 3.8) is 0 Å². The number of carbonyl (C=O) groups is 1. The molecule has 0 fully saturated rings. The molecule has 0 saturated carbocycles. The summed E-state index contributed by atoms with van der Waals surface area (Å²) in [7, 11) is 4.78. The van der Waals surface area contributed by atoms with Crippen LogP contribution in [0, 0.1) is 0 Å². The number of carbonyl (C=O) groups excluding carboxylic acids is 1. The summed E-state index contributed by atoms with van der Waals surface area (Å²) in [5, 5.41) is 0. The largest absolute Gasteiger partial charge is 0.494 e. The van der Waals surface area contributed by atoms with E-state index in [1.165, 1.54) is 11.6 Å². The zero-order valence-corrected chi connectivity index (χ0v) is 21.1. The van der Waals surface area contributed by atoms with Crippen molar-refractivity contribution in [3.8, 4) is 5.75 Å². The molecule has 10 heteroatoms. The van der Waals surface area contributed by atoms with E-state index in [2.05, 4.69) is 4.98 Å². The number of hydrogen-bond donors (Lipinski definition) is 1. The number of imidazole rings is 1. The van der Waals surface area contributed by atoms with Gasteiger partial charge in [-0.2, -0.15) is 0 Å². The third kappa shape index (κ3) is 6.07. The van der Waals surface area contributed by atoms with E-state index in [0.29, 0.717) is 42.2 Å². The number of hydrogen-bond acceptors (Lipinski definition) is 7. The number of esters is 1. The molecule has 0 amide bonds. The molecular formula is C25H33N5O5. The molecule has 188 valence electrons. The van der Waals surface area contributed by atoms with Crippen molar-refractivity contribution in [1.29, 1.82) is 0 Å². The molecule has 2 aromatic heterocycles. The van der Waals surface area contributed by atoms with Gasteiger partial charge in [-0.1, -0.05) is 18.2 Å². The van der Waals surface area contributed by atoms with E-state index in [0.717, 1.165) is 10.1 Å². The summed E-state index contributed by atoms with van der Waals surface area (Å²) in [4.78, 5) is 41.1. The predicted octanol–water partition coefficient (Wildman–Crippen LogP) is 1.97. The second kappa shape index (κ2) is 10.3. The molecule has 2 N–H and O–H groups in total. The quantitative estimate of drug-likeness (QED) is 0.384. The van der Waals surface area contributed by atoms with Gasteiger partial charge in [-0.15, -0.1) is 0 Å². The summed E-state index contributed by atoms with van der Waals surface area (Å²) >= 11 is 0. The first-order valence-corrected chi connectivity index (χ1v) is 11.4. The van der Waals surface area contributed by atoms with Crippen LogP contribution < -0.4 is 21.7 Å². The summed E-state index contributed by atoms with van der Waals surface area (Å²) in [5.41, 5.74) is 6.16. The molecule has 0 spiro atoms. The minimum Gasteiger partial charge on any atom is -0.494 e. The van der Waals surface area contributed by atoms with Gasteiger partial charge in [-0.05, 0) is 57.4 Å². The topological polar surface area (TPSA) is 123 Å². The van der Waals surface area contributed by atoms with Crippen molar-refractivity contribution in [2.24, 2.45) is 26.9 Å². The van der Waals surface area contributed by atoms with Gasteiger partial charge in [0.05, 0.1) is 6.61 Å². The highest BCUT2D eigenvalue weighted by molar-refractivity contribution is 5.77. The molecule has 0 aliphatic rings. The molecule has 35 heavy (non-hydrogen) atoms. The van der Waals surface area contributed by atoms with Gasteiger partial charge in [0.1, 0.15) is 23.2 Å². The van der Waals surface area contributed by atoms with Crippen LogP contribution in [0.5, 0.6) is 5.75 Å². The smallest absolute Gasteiger partial charge is 0.332 e. The van der Waals surface area contributed by atoms with Gasteiger partial charge in [0.15, 0.2) is 11.2 Å². The molecule has 1 aromatic carbocycles. The second-order valence-corrected chi connectivity index (χ2v) is 9.44. The van der Waals surface area contributed by atoms with Crippen LogP contribution in [0.1, 0.15) is 45.0 Å². The number of fused-ring (bicyclic) bond motifs is 1. The molecule has 2 heterocycles. The fraction of sp³-hybridized carbons (Fsp3) is 0.440. The lowest BCUT2D eigenvalue weighted by molar-refractivity contribution is -0.156. The van der Waals surface area contributed by atoms with E-state index in [1.807, 2.05) is 51.1 Å². The fourth-order valence-electron chi connectivity index (χ4n) is 3.52. The highest BCUT2D eigenvalue weighted by Crippen LogP contribution is 2.17. The van der Waals surface area contributed by atoms with Crippen molar-refractivity contribution < 1.29 is 14.3 Å². The summed E-state index contributed by atoms with van der Waals surface area (Å²) < 4.78 is 15.1. The van der Waals surface area contributed by atoms with Gasteiger partial charge < -0.3 is 19.8 Å². The first kappa shape index (κ1) is 26.0. The van der Waals surface area contributed by atoms with Crippen molar-refractivity contribution in [1.82, 2.24) is 18.7 Å². The van der Waals surface area contributed by atoms with E-state index < -0.39 is 23.3 Å². The molecule has 1 unspecified atom stereocenters. The van der Waals surface area contributed by atoms with Gasteiger partial charge >= 0.3 is 11.7 Å². The summed E-state index contributed by atoms with van der Waals surface area (Å²) in [6.07, 6.45) is 4.75. The lowest BCUT2D eigenvalue weighted by Crippen LogP contribution is -2.37. The van der Waals surface area contributed by atoms with Crippen molar-refractivity contribution in [3.05, 3.63) is 56.5 Å². The van der Waals surface area contributed by atoms with Gasteiger partial charge in [-0.25, -0.2) is 9.78 Å². The molecular weight excluding hydrogens is 450 g/mol. The number of aryl methyl sites for hydroxylation is 2. The first-order chi connectivity index (χ1) is 16.4. The third-order valence-corrected chi connectivity index (χ3v) is 5.45. The minimum atomic E-state index is -0.671. The zero-order valence-electron chi connectivity index (χ0n) is 21.1. The monoisotopic (exact) mass is 483 g/mol. The highest BCUT2D eigenvalue weighted by Gasteiger charge is 2.21. The molecule has 0 aliphatic carbocycles. The van der Waals surface area contributed by atoms with Gasteiger partial charge in [0.2, 0.25) is 0 Å². The standard InChI is InChI=1S/C25H33N5O5/c1-25(2,3)35-23(32)18(26)8-7-15-34-17-12-9-16(10-13-17)11-14-19-27-21-20(28(19)4)22(31)30(6)24(33)29(21)5/h9-14,18H,7-8,15,26H2,1-6H3. The summed E-state index contributed by atoms with van der Waals surface area (Å²) in [5.74, 6) is 0.853.